The molecule has 1 aromatic heterocycles. The van der Waals surface area contributed by atoms with Gasteiger partial charge >= 0.3 is 0 Å². The summed E-state index contributed by atoms with van der Waals surface area (Å²) in [5, 5.41) is 12.6. The fraction of sp³-hybridized carbons (Fsp3) is 0.375. The van der Waals surface area contributed by atoms with Crippen molar-refractivity contribution in [3.8, 4) is 5.69 Å². The number of rotatable bonds is 4. The maximum Gasteiger partial charge on any atom is 0.285 e. The summed E-state index contributed by atoms with van der Waals surface area (Å²) in [5.41, 5.74) is 3.96. The number of hydrogen-bond acceptors (Lipinski definition) is 5. The molecule has 0 unspecified atom stereocenters. The average Bonchev–Trinajstić information content (AvgIpc) is 2.98. The second kappa shape index (κ2) is 6.79. The highest BCUT2D eigenvalue weighted by atomic mass is 16.6. The molecule has 1 saturated heterocycles. The predicted molar refractivity (Wildman–Crippen MR) is 87.8 cm³/mol. The molecular weight excluding hydrogens is 310 g/mol. The van der Waals surface area contributed by atoms with Crippen LogP contribution in [0.15, 0.2) is 30.5 Å². The number of carbonyl (C=O) groups excluding carboxylic acids is 1. The molecule has 0 spiro atoms. The number of hydrazine groups is 1. The number of aryl methyl sites for hydroxylation is 1. The molecule has 8 heteroatoms. The standard InChI is InChI=1S/C16H19N5O3/c1-12-17-15(16(22)18-19-9-3-2-4-10-19)11-20(12)13-5-7-14(8-6-13)21(23)24/h5-8,11H,2-4,9-10H2,1H3,(H,18,22). The van der Waals surface area contributed by atoms with Gasteiger partial charge in [-0.1, -0.05) is 6.42 Å². The van der Waals surface area contributed by atoms with E-state index in [2.05, 4.69) is 10.4 Å². The van der Waals surface area contributed by atoms with Crippen molar-refractivity contribution >= 4 is 11.6 Å². The zero-order valence-electron chi connectivity index (χ0n) is 13.4. The fourth-order valence-corrected chi connectivity index (χ4v) is 2.79. The normalized spacial score (nSPS) is 15.2. The van der Waals surface area contributed by atoms with Gasteiger partial charge in [0, 0.05) is 37.1 Å². The quantitative estimate of drug-likeness (QED) is 0.686. The third-order valence-electron chi connectivity index (χ3n) is 4.07. The summed E-state index contributed by atoms with van der Waals surface area (Å²) in [4.78, 5) is 26.9. The van der Waals surface area contributed by atoms with Gasteiger partial charge in [0.1, 0.15) is 11.5 Å². The molecular formula is C16H19N5O3. The van der Waals surface area contributed by atoms with Crippen molar-refractivity contribution in [3.05, 3.63) is 52.1 Å². The molecule has 126 valence electrons. The highest BCUT2D eigenvalue weighted by Crippen LogP contribution is 2.17. The Morgan fingerprint density at radius 1 is 1.21 bits per heavy atom. The van der Waals surface area contributed by atoms with E-state index in [-0.39, 0.29) is 11.6 Å². The number of nitrogens with one attached hydrogen (secondary N) is 1. The lowest BCUT2D eigenvalue weighted by Crippen LogP contribution is -2.45. The van der Waals surface area contributed by atoms with Crippen molar-refractivity contribution in [3.63, 3.8) is 0 Å². The lowest BCUT2D eigenvalue weighted by atomic mass is 10.2. The Bertz CT molecular complexity index is 748. The molecule has 1 N–H and O–H groups in total. The average molecular weight is 329 g/mol. The van der Waals surface area contributed by atoms with E-state index in [9.17, 15) is 14.9 Å². The van der Waals surface area contributed by atoms with Crippen molar-refractivity contribution in [2.45, 2.75) is 26.2 Å². The maximum absolute atomic E-state index is 12.3. The van der Waals surface area contributed by atoms with E-state index in [1.807, 2.05) is 5.01 Å². The second-order valence-corrected chi connectivity index (χ2v) is 5.81. The van der Waals surface area contributed by atoms with Crippen LogP contribution in [0.4, 0.5) is 5.69 Å². The largest absolute Gasteiger partial charge is 0.303 e. The molecule has 24 heavy (non-hydrogen) atoms. The van der Waals surface area contributed by atoms with E-state index >= 15 is 0 Å². The number of benzene rings is 1. The first-order valence-electron chi connectivity index (χ1n) is 7.91. The molecule has 1 aliphatic rings. The van der Waals surface area contributed by atoms with Crippen molar-refractivity contribution < 1.29 is 9.72 Å². The molecule has 3 rings (SSSR count). The van der Waals surface area contributed by atoms with Crippen LogP contribution in [0.3, 0.4) is 0 Å². The minimum atomic E-state index is -0.442. The Hall–Kier alpha value is -2.74. The van der Waals surface area contributed by atoms with Gasteiger partial charge in [-0.3, -0.25) is 20.3 Å². The molecule has 0 radical (unpaired) electrons. The first-order valence-corrected chi connectivity index (χ1v) is 7.91. The van der Waals surface area contributed by atoms with Gasteiger partial charge in [-0.05, 0) is 31.9 Å². The molecule has 1 amide bonds. The molecule has 2 heterocycles. The molecule has 1 aliphatic heterocycles. The third kappa shape index (κ3) is 3.43. The lowest BCUT2D eigenvalue weighted by molar-refractivity contribution is -0.384. The summed E-state index contributed by atoms with van der Waals surface area (Å²) in [6, 6.07) is 6.14. The Morgan fingerprint density at radius 3 is 2.50 bits per heavy atom. The van der Waals surface area contributed by atoms with Crippen molar-refractivity contribution in [2.24, 2.45) is 0 Å². The number of carbonyl (C=O) groups is 1. The number of aromatic nitrogens is 2. The van der Waals surface area contributed by atoms with E-state index in [4.69, 9.17) is 0 Å². The molecule has 1 fully saturated rings. The van der Waals surface area contributed by atoms with Gasteiger partial charge in [0.05, 0.1) is 4.92 Å². The minimum Gasteiger partial charge on any atom is -0.303 e. The van der Waals surface area contributed by atoms with Gasteiger partial charge in [-0.15, -0.1) is 0 Å². The Balaban J connectivity index is 1.76. The number of amides is 1. The highest BCUT2D eigenvalue weighted by Gasteiger charge is 2.17. The zero-order chi connectivity index (χ0) is 17.1. The van der Waals surface area contributed by atoms with Gasteiger partial charge in [-0.2, -0.15) is 0 Å². The summed E-state index contributed by atoms with van der Waals surface area (Å²) in [5.74, 6) is 0.410. The Morgan fingerprint density at radius 2 is 1.88 bits per heavy atom. The van der Waals surface area contributed by atoms with Gasteiger partial charge in [0.25, 0.3) is 11.6 Å². The van der Waals surface area contributed by atoms with Crippen LogP contribution >= 0.6 is 0 Å². The van der Waals surface area contributed by atoms with Crippen LogP contribution in [0.2, 0.25) is 0 Å². The number of nitro benzene ring substituents is 1. The minimum absolute atomic E-state index is 0.0274. The number of nitro groups is 1. The number of non-ortho nitro benzene ring substituents is 1. The number of imidazole rings is 1. The van der Waals surface area contributed by atoms with E-state index in [0.29, 0.717) is 11.5 Å². The second-order valence-electron chi connectivity index (χ2n) is 5.81. The Kier molecular flexibility index (Phi) is 4.57. The predicted octanol–water partition coefficient (Wildman–Crippen LogP) is 2.22. The van der Waals surface area contributed by atoms with Crippen molar-refractivity contribution in [1.82, 2.24) is 20.0 Å². The smallest absolute Gasteiger partial charge is 0.285 e. The Labute approximate surface area is 139 Å². The van der Waals surface area contributed by atoms with Crippen LogP contribution in [-0.2, 0) is 0 Å². The molecule has 0 aliphatic carbocycles. The molecule has 1 aromatic carbocycles. The maximum atomic E-state index is 12.3. The number of hydrogen-bond donors (Lipinski definition) is 1. The third-order valence-corrected chi connectivity index (χ3v) is 4.07. The molecule has 0 bridgehead atoms. The van der Waals surface area contributed by atoms with Gasteiger partial charge in [-0.25, -0.2) is 9.99 Å². The monoisotopic (exact) mass is 329 g/mol. The van der Waals surface area contributed by atoms with E-state index < -0.39 is 4.92 Å². The summed E-state index contributed by atoms with van der Waals surface area (Å²) in [6.45, 7) is 3.50. The van der Waals surface area contributed by atoms with Crippen LogP contribution in [-0.4, -0.2) is 38.5 Å². The zero-order valence-corrected chi connectivity index (χ0v) is 13.4. The lowest BCUT2D eigenvalue weighted by Gasteiger charge is -2.26. The van der Waals surface area contributed by atoms with Gasteiger partial charge in [0.2, 0.25) is 0 Å². The van der Waals surface area contributed by atoms with Gasteiger partial charge < -0.3 is 4.57 Å². The number of piperidine rings is 1. The van der Waals surface area contributed by atoms with Crippen LogP contribution in [0.25, 0.3) is 5.69 Å². The van der Waals surface area contributed by atoms with Gasteiger partial charge in [0.15, 0.2) is 0 Å². The van der Waals surface area contributed by atoms with Crippen LogP contribution in [0.5, 0.6) is 0 Å². The first-order chi connectivity index (χ1) is 11.5. The van der Waals surface area contributed by atoms with Crippen LogP contribution in [0, 0.1) is 17.0 Å². The van der Waals surface area contributed by atoms with Crippen molar-refractivity contribution in [1.29, 1.82) is 0 Å². The SMILES string of the molecule is Cc1nc(C(=O)NN2CCCCC2)cn1-c1ccc([N+](=O)[O-])cc1. The van der Waals surface area contributed by atoms with Crippen LogP contribution < -0.4 is 5.43 Å². The molecule has 0 atom stereocenters. The first kappa shape index (κ1) is 16.1. The molecule has 0 saturated carbocycles. The van der Waals surface area contributed by atoms with E-state index in [1.54, 1.807) is 29.8 Å². The van der Waals surface area contributed by atoms with Crippen LogP contribution in [0.1, 0.15) is 35.6 Å². The summed E-state index contributed by atoms with van der Waals surface area (Å²) >= 11 is 0. The summed E-state index contributed by atoms with van der Waals surface area (Å²) < 4.78 is 1.74. The number of nitrogens with zero attached hydrogens (tertiary/aromatic N) is 4. The summed E-state index contributed by atoms with van der Waals surface area (Å²) in [6.07, 6.45) is 5.00. The summed E-state index contributed by atoms with van der Waals surface area (Å²) in [7, 11) is 0. The van der Waals surface area contributed by atoms with Crippen molar-refractivity contribution in [2.75, 3.05) is 13.1 Å². The van der Waals surface area contributed by atoms with E-state index in [1.165, 1.54) is 18.6 Å². The molecule has 8 nitrogen and oxygen atoms in total. The fourth-order valence-electron chi connectivity index (χ4n) is 2.79. The highest BCUT2D eigenvalue weighted by molar-refractivity contribution is 5.91. The van der Waals surface area contributed by atoms with E-state index in [0.717, 1.165) is 31.6 Å². The molecule has 2 aromatic rings. The topological polar surface area (TPSA) is 93.3 Å².